The van der Waals surface area contributed by atoms with E-state index in [-0.39, 0.29) is 22.3 Å². The predicted molar refractivity (Wildman–Crippen MR) is 98.2 cm³/mol. The third-order valence-corrected chi connectivity index (χ3v) is 2.78. The van der Waals surface area contributed by atoms with E-state index < -0.39 is 23.9 Å². The molecule has 0 spiro atoms. The van der Waals surface area contributed by atoms with Crippen LogP contribution in [0.1, 0.15) is 41.4 Å². The summed E-state index contributed by atoms with van der Waals surface area (Å²) in [7, 11) is 1.08. The minimum absolute atomic E-state index is 0.190. The molecule has 0 aliphatic carbocycles. The summed E-state index contributed by atoms with van der Waals surface area (Å²) in [6, 6.07) is 11.0. The van der Waals surface area contributed by atoms with Gasteiger partial charge in [-0.25, -0.2) is 19.2 Å². The van der Waals surface area contributed by atoms with E-state index in [0.717, 1.165) is 9.52 Å². The smallest absolute Gasteiger partial charge is 0.336 e. The molecule has 9 heteroatoms. The van der Waals surface area contributed by atoms with Crippen LogP contribution in [-0.2, 0) is 0 Å². The highest BCUT2D eigenvalue weighted by molar-refractivity contribution is 6.31. The van der Waals surface area contributed by atoms with E-state index in [1.165, 1.54) is 48.5 Å². The second kappa shape index (κ2) is 12.0. The summed E-state index contributed by atoms with van der Waals surface area (Å²) >= 11 is 0. The maximum atomic E-state index is 10.5. The first-order valence-corrected chi connectivity index (χ1v) is 9.37. The molecule has 2 aromatic rings. The lowest BCUT2D eigenvalue weighted by molar-refractivity contribution is 0.0651. The molecule has 4 N–H and O–H groups in total. The van der Waals surface area contributed by atoms with Crippen molar-refractivity contribution in [2.24, 2.45) is 0 Å². The van der Waals surface area contributed by atoms with E-state index in [2.05, 4.69) is 13.1 Å². The van der Waals surface area contributed by atoms with Gasteiger partial charge in [0, 0.05) is 9.52 Å². The molecule has 0 atom stereocenters. The Bertz CT molecular complexity index is 683. The predicted octanol–water partition coefficient (Wildman–Crippen LogP) is 2.95. The van der Waals surface area contributed by atoms with Gasteiger partial charge in [0.25, 0.3) is 0 Å². The Morgan fingerprint density at radius 1 is 0.556 bits per heavy atom. The zero-order chi connectivity index (χ0) is 21.0. The maximum absolute atomic E-state index is 10.5. The summed E-state index contributed by atoms with van der Waals surface area (Å²) in [5.74, 6) is -4.91. The third-order valence-electron chi connectivity index (χ3n) is 2.78. The first-order valence-electron chi connectivity index (χ1n) is 7.37. The lowest BCUT2D eigenvalue weighted by atomic mass is 10.1. The van der Waals surface area contributed by atoms with Gasteiger partial charge >= 0.3 is 23.9 Å². The first-order chi connectivity index (χ1) is 12.7. The monoisotopic (exact) mass is 390 g/mol. The molecule has 2 rings (SSSR count). The van der Waals surface area contributed by atoms with Crippen LogP contribution in [0.25, 0.3) is 0 Å². The Labute approximate surface area is 157 Å². The number of aromatic carboxylic acids is 4. The fourth-order valence-electron chi connectivity index (χ4n) is 1.71. The summed E-state index contributed by atoms with van der Waals surface area (Å²) in [4.78, 5) is 41.9. The lowest BCUT2D eigenvalue weighted by Gasteiger charge is -1.98. The van der Waals surface area contributed by atoms with Gasteiger partial charge in [-0.2, -0.15) is 0 Å². The molecule has 2 aromatic carbocycles. The number of carbonyl (C=O) groups is 4. The minimum atomic E-state index is -1.23. The van der Waals surface area contributed by atoms with Crippen LogP contribution in [0.5, 0.6) is 0 Å². The molecule has 0 heterocycles. The van der Waals surface area contributed by atoms with Crippen molar-refractivity contribution >= 4 is 33.4 Å². The number of carboxylic acid groups (broad SMARTS) is 4. The largest absolute Gasteiger partial charge is 0.478 e. The Hall–Kier alpha value is -3.46. The molecule has 0 saturated carbocycles. The molecule has 0 amide bonds. The molecule has 0 unspecified atom stereocenters. The Kier molecular flexibility index (Phi) is 10.4. The highest BCUT2D eigenvalue weighted by atomic mass is 28.2. The second-order valence-corrected chi connectivity index (χ2v) is 5.81. The number of benzene rings is 2. The topological polar surface area (TPSA) is 149 Å². The van der Waals surface area contributed by atoms with Crippen LogP contribution < -0.4 is 0 Å². The van der Waals surface area contributed by atoms with E-state index >= 15 is 0 Å². The quantitative estimate of drug-likeness (QED) is 0.582. The molecule has 0 aliphatic rings. The third kappa shape index (κ3) is 7.97. The molecule has 142 valence electrons. The fraction of sp³-hybridized carbons (Fsp3) is 0.111. The SMILES string of the molecule is C[Si]C.O=C(O)c1ccccc1C(=O)O.O=C(O)c1ccccc1C(=O)O. The summed E-state index contributed by atoms with van der Waals surface area (Å²) in [6.45, 7) is 4.31. The molecule has 0 aliphatic heterocycles. The summed E-state index contributed by atoms with van der Waals surface area (Å²) in [6.07, 6.45) is 0. The van der Waals surface area contributed by atoms with Gasteiger partial charge in [0.15, 0.2) is 0 Å². The van der Waals surface area contributed by atoms with Gasteiger partial charge in [0.05, 0.1) is 22.3 Å². The van der Waals surface area contributed by atoms with Gasteiger partial charge in [-0.1, -0.05) is 37.4 Å². The van der Waals surface area contributed by atoms with E-state index in [9.17, 15) is 19.2 Å². The molecule has 0 saturated heterocycles. The van der Waals surface area contributed by atoms with Gasteiger partial charge < -0.3 is 20.4 Å². The molecule has 27 heavy (non-hydrogen) atoms. The second-order valence-electron chi connectivity index (χ2n) is 4.81. The van der Waals surface area contributed by atoms with Gasteiger partial charge in [-0.3, -0.25) is 0 Å². The molecular weight excluding hydrogens is 372 g/mol. The van der Waals surface area contributed by atoms with E-state index in [4.69, 9.17) is 20.4 Å². The van der Waals surface area contributed by atoms with Gasteiger partial charge in [-0.15, -0.1) is 0 Å². The first kappa shape index (κ1) is 23.5. The van der Waals surface area contributed by atoms with Gasteiger partial charge in [-0.05, 0) is 24.3 Å². The Morgan fingerprint density at radius 2 is 0.704 bits per heavy atom. The zero-order valence-electron chi connectivity index (χ0n) is 14.5. The maximum Gasteiger partial charge on any atom is 0.336 e. The average Bonchev–Trinajstić information content (AvgIpc) is 2.62. The molecule has 2 radical (unpaired) electrons. The van der Waals surface area contributed by atoms with Crippen LogP contribution in [-0.4, -0.2) is 53.8 Å². The Morgan fingerprint density at radius 3 is 0.815 bits per heavy atom. The summed E-state index contributed by atoms with van der Waals surface area (Å²) < 4.78 is 0. The number of rotatable bonds is 4. The van der Waals surface area contributed by atoms with Crippen LogP contribution in [0.4, 0.5) is 0 Å². The van der Waals surface area contributed by atoms with Crippen molar-refractivity contribution in [3.8, 4) is 0 Å². The fourth-order valence-corrected chi connectivity index (χ4v) is 1.71. The van der Waals surface area contributed by atoms with Crippen LogP contribution in [0.15, 0.2) is 48.5 Å². The van der Waals surface area contributed by atoms with Crippen molar-refractivity contribution < 1.29 is 39.6 Å². The molecule has 0 fully saturated rings. The molecule has 0 aromatic heterocycles. The van der Waals surface area contributed by atoms with Crippen molar-refractivity contribution in [2.45, 2.75) is 13.1 Å². The van der Waals surface area contributed by atoms with E-state index in [1.807, 2.05) is 0 Å². The Balaban J connectivity index is 0.000000438. The number of hydrogen-bond donors (Lipinski definition) is 4. The van der Waals surface area contributed by atoms with Crippen LogP contribution >= 0.6 is 0 Å². The van der Waals surface area contributed by atoms with Crippen molar-refractivity contribution in [1.29, 1.82) is 0 Å². The minimum Gasteiger partial charge on any atom is -0.478 e. The molecular formula is C18H18O8Si. The van der Waals surface area contributed by atoms with Crippen molar-refractivity contribution in [2.75, 3.05) is 0 Å². The summed E-state index contributed by atoms with van der Waals surface area (Å²) in [5.41, 5.74) is -0.759. The highest BCUT2D eigenvalue weighted by Gasteiger charge is 2.14. The normalized spacial score (nSPS) is 8.96. The number of hydrogen-bond acceptors (Lipinski definition) is 4. The summed E-state index contributed by atoms with van der Waals surface area (Å²) in [5, 5.41) is 34.2. The number of carboxylic acids is 4. The highest BCUT2D eigenvalue weighted by Crippen LogP contribution is 2.08. The standard InChI is InChI=1S/2C8H6O4.C2H6Si/c2*9-7(10)5-3-1-2-4-6(5)8(11)12;1-3-2/h2*1-4H,(H,9,10)(H,11,12);1-2H3. The van der Waals surface area contributed by atoms with Gasteiger partial charge in [0.1, 0.15) is 0 Å². The average molecular weight is 390 g/mol. The zero-order valence-corrected chi connectivity index (χ0v) is 15.5. The van der Waals surface area contributed by atoms with Crippen LogP contribution in [0.2, 0.25) is 13.1 Å². The van der Waals surface area contributed by atoms with Crippen molar-refractivity contribution in [1.82, 2.24) is 0 Å². The van der Waals surface area contributed by atoms with Crippen LogP contribution in [0, 0.1) is 0 Å². The van der Waals surface area contributed by atoms with Gasteiger partial charge in [0.2, 0.25) is 0 Å². The van der Waals surface area contributed by atoms with Crippen molar-refractivity contribution in [3.63, 3.8) is 0 Å². The van der Waals surface area contributed by atoms with Crippen molar-refractivity contribution in [3.05, 3.63) is 70.8 Å². The molecule has 8 nitrogen and oxygen atoms in total. The van der Waals surface area contributed by atoms with E-state index in [1.54, 1.807) is 0 Å². The molecule has 0 bridgehead atoms. The van der Waals surface area contributed by atoms with Crippen LogP contribution in [0.3, 0.4) is 0 Å². The lowest BCUT2D eigenvalue weighted by Crippen LogP contribution is -2.06. The van der Waals surface area contributed by atoms with E-state index in [0.29, 0.717) is 0 Å².